The molecule has 1 aromatic carbocycles. The van der Waals surface area contributed by atoms with Gasteiger partial charge in [0.05, 0.1) is 0 Å². The Labute approximate surface area is 72.1 Å². The van der Waals surface area contributed by atoms with Crippen LogP contribution >= 0.6 is 0 Å². The third kappa shape index (κ3) is 1.39. The topological polar surface area (TPSA) is 64.4 Å². The molecule has 0 saturated carbocycles. The first-order valence-electron chi connectivity index (χ1n) is 3.73. The van der Waals surface area contributed by atoms with E-state index in [1.54, 1.807) is 13.3 Å². The monoisotopic (exact) mass is 163 g/mol. The smallest absolute Gasteiger partial charge is 0.0453 e. The van der Waals surface area contributed by atoms with Crippen molar-refractivity contribution in [2.45, 2.75) is 6.92 Å². The third-order valence-corrected chi connectivity index (χ3v) is 1.80. The maximum absolute atomic E-state index is 5.80. The molecule has 0 fully saturated rings. The van der Waals surface area contributed by atoms with Crippen molar-refractivity contribution in [3.05, 3.63) is 23.3 Å². The quantitative estimate of drug-likeness (QED) is 0.482. The molecule has 0 bridgehead atoms. The summed E-state index contributed by atoms with van der Waals surface area (Å²) in [7, 11) is 1.70. The van der Waals surface area contributed by atoms with E-state index in [9.17, 15) is 0 Å². The SMILES string of the molecule is CN=Cc1c(N)ccc(C)c1N. The molecular formula is C9H13N3. The number of nitrogens with zero attached hydrogens (tertiary/aromatic N) is 1. The summed E-state index contributed by atoms with van der Waals surface area (Å²) in [5.74, 6) is 0. The third-order valence-electron chi connectivity index (χ3n) is 1.80. The van der Waals surface area contributed by atoms with Crippen molar-refractivity contribution in [2.75, 3.05) is 18.5 Å². The van der Waals surface area contributed by atoms with Crippen molar-refractivity contribution >= 4 is 17.6 Å². The fourth-order valence-electron chi connectivity index (χ4n) is 1.04. The summed E-state index contributed by atoms with van der Waals surface area (Å²) in [4.78, 5) is 3.88. The van der Waals surface area contributed by atoms with Gasteiger partial charge in [-0.1, -0.05) is 6.07 Å². The summed E-state index contributed by atoms with van der Waals surface area (Å²) >= 11 is 0. The highest BCUT2D eigenvalue weighted by Crippen LogP contribution is 2.20. The number of nitrogen functional groups attached to an aromatic ring is 2. The fourth-order valence-corrected chi connectivity index (χ4v) is 1.04. The van der Waals surface area contributed by atoms with Gasteiger partial charge in [0.25, 0.3) is 0 Å². The lowest BCUT2D eigenvalue weighted by Crippen LogP contribution is -2.01. The molecule has 0 aromatic heterocycles. The van der Waals surface area contributed by atoms with E-state index in [-0.39, 0.29) is 0 Å². The summed E-state index contributed by atoms with van der Waals surface area (Å²) in [6.45, 7) is 1.95. The van der Waals surface area contributed by atoms with Gasteiger partial charge in [-0.25, -0.2) is 0 Å². The van der Waals surface area contributed by atoms with Gasteiger partial charge in [0.15, 0.2) is 0 Å². The zero-order valence-electron chi connectivity index (χ0n) is 7.33. The van der Waals surface area contributed by atoms with Crippen molar-refractivity contribution in [1.29, 1.82) is 0 Å². The van der Waals surface area contributed by atoms with E-state index in [1.807, 2.05) is 19.1 Å². The lowest BCUT2D eigenvalue weighted by atomic mass is 10.1. The van der Waals surface area contributed by atoms with Crippen molar-refractivity contribution in [1.82, 2.24) is 0 Å². The van der Waals surface area contributed by atoms with E-state index >= 15 is 0 Å². The van der Waals surface area contributed by atoms with Gasteiger partial charge in [-0.2, -0.15) is 0 Å². The van der Waals surface area contributed by atoms with Crippen LogP contribution in [0.3, 0.4) is 0 Å². The number of hydrogen-bond acceptors (Lipinski definition) is 3. The van der Waals surface area contributed by atoms with E-state index in [4.69, 9.17) is 11.5 Å². The number of anilines is 2. The van der Waals surface area contributed by atoms with Crippen LogP contribution in [-0.2, 0) is 0 Å². The average Bonchev–Trinajstić information content (AvgIpc) is 2.06. The van der Waals surface area contributed by atoms with Crippen molar-refractivity contribution < 1.29 is 0 Å². The molecule has 0 amide bonds. The summed E-state index contributed by atoms with van der Waals surface area (Å²) < 4.78 is 0. The molecule has 0 heterocycles. The molecule has 0 aliphatic carbocycles. The number of hydrogen-bond donors (Lipinski definition) is 2. The lowest BCUT2D eigenvalue weighted by molar-refractivity contribution is 1.43. The molecular weight excluding hydrogens is 150 g/mol. The van der Waals surface area contributed by atoms with Crippen molar-refractivity contribution in [2.24, 2.45) is 4.99 Å². The minimum atomic E-state index is 0.670. The zero-order valence-corrected chi connectivity index (χ0v) is 7.33. The molecule has 4 N–H and O–H groups in total. The van der Waals surface area contributed by atoms with Crippen LogP contribution in [0.15, 0.2) is 17.1 Å². The van der Waals surface area contributed by atoms with Crippen LogP contribution in [0.4, 0.5) is 11.4 Å². The van der Waals surface area contributed by atoms with E-state index in [2.05, 4.69) is 4.99 Å². The molecule has 64 valence electrons. The van der Waals surface area contributed by atoms with Crippen LogP contribution in [0.25, 0.3) is 0 Å². The van der Waals surface area contributed by atoms with Crippen molar-refractivity contribution in [3.63, 3.8) is 0 Å². The summed E-state index contributed by atoms with van der Waals surface area (Å²) in [5, 5.41) is 0. The Morgan fingerprint density at radius 1 is 1.33 bits per heavy atom. The predicted molar refractivity (Wildman–Crippen MR) is 53.5 cm³/mol. The van der Waals surface area contributed by atoms with Crippen LogP contribution < -0.4 is 11.5 Å². The first-order chi connectivity index (χ1) is 5.66. The molecule has 0 radical (unpaired) electrons. The standard InChI is InChI=1S/C9H13N3/c1-6-3-4-8(10)7(5-12-2)9(6)11/h3-5H,10-11H2,1-2H3. The normalized spacial score (nSPS) is 10.8. The maximum Gasteiger partial charge on any atom is 0.0453 e. The Balaban J connectivity index is 3.32. The second-order valence-corrected chi connectivity index (χ2v) is 2.69. The Morgan fingerprint density at radius 2 is 2.00 bits per heavy atom. The van der Waals surface area contributed by atoms with Gasteiger partial charge in [-0.15, -0.1) is 0 Å². The Morgan fingerprint density at radius 3 is 2.58 bits per heavy atom. The highest BCUT2D eigenvalue weighted by Gasteiger charge is 2.02. The van der Waals surface area contributed by atoms with Gasteiger partial charge in [0.2, 0.25) is 0 Å². The van der Waals surface area contributed by atoms with Crippen LogP contribution in [0.2, 0.25) is 0 Å². The summed E-state index contributed by atoms with van der Waals surface area (Å²) in [6.07, 6.45) is 1.68. The van der Waals surface area contributed by atoms with Crippen molar-refractivity contribution in [3.8, 4) is 0 Å². The van der Waals surface area contributed by atoms with Gasteiger partial charge in [0.1, 0.15) is 0 Å². The van der Waals surface area contributed by atoms with Gasteiger partial charge in [-0.05, 0) is 18.6 Å². The molecule has 0 saturated heterocycles. The predicted octanol–water partition coefficient (Wildman–Crippen LogP) is 1.21. The molecule has 3 heteroatoms. The van der Waals surface area contributed by atoms with Crippen LogP contribution in [0.5, 0.6) is 0 Å². The number of aliphatic imine (C=N–C) groups is 1. The molecule has 0 atom stereocenters. The van der Waals surface area contributed by atoms with E-state index in [0.717, 1.165) is 11.1 Å². The molecule has 12 heavy (non-hydrogen) atoms. The highest BCUT2D eigenvalue weighted by molar-refractivity contribution is 5.94. The fraction of sp³-hybridized carbons (Fsp3) is 0.222. The molecule has 0 aliphatic rings. The van der Waals surface area contributed by atoms with Crippen LogP contribution in [-0.4, -0.2) is 13.3 Å². The van der Waals surface area contributed by atoms with E-state index in [0.29, 0.717) is 11.4 Å². The number of nitrogens with two attached hydrogens (primary N) is 2. The number of benzene rings is 1. The summed E-state index contributed by atoms with van der Waals surface area (Å²) in [5.41, 5.74) is 14.7. The maximum atomic E-state index is 5.80. The van der Waals surface area contributed by atoms with E-state index in [1.165, 1.54) is 0 Å². The minimum absolute atomic E-state index is 0.670. The largest absolute Gasteiger partial charge is 0.398 e. The molecule has 0 aliphatic heterocycles. The molecule has 0 unspecified atom stereocenters. The first-order valence-corrected chi connectivity index (χ1v) is 3.73. The first kappa shape index (κ1) is 8.59. The molecule has 1 aromatic rings. The Hall–Kier alpha value is -1.51. The second kappa shape index (κ2) is 3.26. The molecule has 1 rings (SSSR count). The van der Waals surface area contributed by atoms with Gasteiger partial charge in [0, 0.05) is 30.2 Å². The van der Waals surface area contributed by atoms with Crippen LogP contribution in [0.1, 0.15) is 11.1 Å². The Kier molecular flexibility index (Phi) is 2.33. The summed E-state index contributed by atoms with van der Waals surface area (Å²) in [6, 6.07) is 3.74. The second-order valence-electron chi connectivity index (χ2n) is 2.69. The van der Waals surface area contributed by atoms with Crippen LogP contribution in [0, 0.1) is 6.92 Å². The van der Waals surface area contributed by atoms with Gasteiger partial charge in [-0.3, -0.25) is 4.99 Å². The molecule has 3 nitrogen and oxygen atoms in total. The van der Waals surface area contributed by atoms with Gasteiger partial charge >= 0.3 is 0 Å². The minimum Gasteiger partial charge on any atom is -0.398 e. The Bertz CT molecular complexity index is 316. The molecule has 0 spiro atoms. The highest BCUT2D eigenvalue weighted by atomic mass is 14.7. The van der Waals surface area contributed by atoms with E-state index < -0.39 is 0 Å². The average molecular weight is 163 g/mol. The van der Waals surface area contributed by atoms with Gasteiger partial charge < -0.3 is 11.5 Å². The lowest BCUT2D eigenvalue weighted by Gasteiger charge is -2.06. The number of rotatable bonds is 1. The number of aryl methyl sites for hydroxylation is 1. The zero-order chi connectivity index (χ0) is 9.14.